The van der Waals surface area contributed by atoms with Gasteiger partial charge in [0.15, 0.2) is 0 Å². The third kappa shape index (κ3) is 2.07. The monoisotopic (exact) mass is 209 g/mol. The van der Waals surface area contributed by atoms with E-state index in [-0.39, 0.29) is 6.04 Å². The Morgan fingerprint density at radius 2 is 2.27 bits per heavy atom. The van der Waals surface area contributed by atoms with Crippen molar-refractivity contribution in [1.29, 1.82) is 0 Å². The zero-order chi connectivity index (χ0) is 8.27. The van der Waals surface area contributed by atoms with Crippen LogP contribution in [0.2, 0.25) is 0 Å². The van der Waals surface area contributed by atoms with E-state index in [0.29, 0.717) is 0 Å². The van der Waals surface area contributed by atoms with E-state index in [2.05, 4.69) is 21.9 Å². The molecule has 11 heavy (non-hydrogen) atoms. The van der Waals surface area contributed by atoms with Gasteiger partial charge in [-0.3, -0.25) is 0 Å². The summed E-state index contributed by atoms with van der Waals surface area (Å²) >= 11 is 3.34. The van der Waals surface area contributed by atoms with Crippen LogP contribution in [0.3, 0.4) is 0 Å². The van der Waals surface area contributed by atoms with Gasteiger partial charge in [0.05, 0.1) is 6.04 Å². The highest BCUT2D eigenvalue weighted by Crippen LogP contribution is 2.15. The molecule has 1 unspecified atom stereocenters. The summed E-state index contributed by atoms with van der Waals surface area (Å²) in [5, 5.41) is 0. The Hall–Kier alpha value is -0.780. The Bertz CT molecular complexity index is 288. The van der Waals surface area contributed by atoms with Crippen molar-refractivity contribution in [2.75, 3.05) is 0 Å². The van der Waals surface area contributed by atoms with Crippen molar-refractivity contribution in [2.24, 2.45) is 5.73 Å². The smallest absolute Gasteiger partial charge is 0.0918 e. The number of hydrogen-bond acceptors (Lipinski definition) is 1. The summed E-state index contributed by atoms with van der Waals surface area (Å²) in [5.74, 6) is 2.47. The first kappa shape index (κ1) is 8.32. The summed E-state index contributed by atoms with van der Waals surface area (Å²) in [7, 11) is 0. The van der Waals surface area contributed by atoms with Crippen molar-refractivity contribution in [2.45, 2.75) is 6.04 Å². The maximum absolute atomic E-state index is 5.61. The molecule has 0 saturated heterocycles. The molecule has 0 spiro atoms. The maximum Gasteiger partial charge on any atom is 0.0918 e. The van der Waals surface area contributed by atoms with Gasteiger partial charge in [-0.1, -0.05) is 34.0 Å². The molecule has 0 heterocycles. The van der Waals surface area contributed by atoms with Crippen LogP contribution < -0.4 is 5.73 Å². The second kappa shape index (κ2) is 3.56. The lowest BCUT2D eigenvalue weighted by Gasteiger charge is -2.03. The van der Waals surface area contributed by atoms with Crippen LogP contribution in [-0.2, 0) is 0 Å². The van der Waals surface area contributed by atoms with E-state index >= 15 is 0 Å². The Balaban J connectivity index is 2.98. The summed E-state index contributed by atoms with van der Waals surface area (Å²) in [6.07, 6.45) is 5.16. The molecule has 0 aliphatic carbocycles. The zero-order valence-electron chi connectivity index (χ0n) is 5.92. The highest BCUT2D eigenvalue weighted by atomic mass is 79.9. The summed E-state index contributed by atoms with van der Waals surface area (Å²) < 4.78 is 1.00. The molecular weight excluding hydrogens is 202 g/mol. The van der Waals surface area contributed by atoms with Crippen molar-refractivity contribution in [3.8, 4) is 12.3 Å². The Morgan fingerprint density at radius 1 is 1.55 bits per heavy atom. The lowest BCUT2D eigenvalue weighted by Crippen LogP contribution is -2.06. The minimum Gasteiger partial charge on any atom is -0.314 e. The fourth-order valence-corrected chi connectivity index (χ4v) is 1.21. The predicted octanol–water partition coefficient (Wildman–Crippen LogP) is 2.08. The first-order valence-electron chi connectivity index (χ1n) is 3.21. The first-order valence-corrected chi connectivity index (χ1v) is 4.00. The van der Waals surface area contributed by atoms with E-state index in [1.807, 2.05) is 24.3 Å². The number of halogens is 1. The van der Waals surface area contributed by atoms with Crippen LogP contribution in [0, 0.1) is 12.3 Å². The van der Waals surface area contributed by atoms with Crippen LogP contribution in [0.4, 0.5) is 0 Å². The lowest BCUT2D eigenvalue weighted by atomic mass is 10.1. The number of nitrogens with two attached hydrogens (primary N) is 1. The number of benzene rings is 1. The molecule has 0 amide bonds. The van der Waals surface area contributed by atoms with Crippen LogP contribution in [-0.4, -0.2) is 0 Å². The van der Waals surface area contributed by atoms with Crippen LogP contribution in [0.1, 0.15) is 11.6 Å². The average molecular weight is 210 g/mol. The second-order valence-electron chi connectivity index (χ2n) is 2.20. The van der Waals surface area contributed by atoms with Crippen molar-refractivity contribution >= 4 is 15.9 Å². The quantitative estimate of drug-likeness (QED) is 0.705. The van der Waals surface area contributed by atoms with E-state index in [1.165, 1.54) is 0 Å². The first-order chi connectivity index (χ1) is 5.24. The normalized spacial score (nSPS) is 12.1. The molecule has 2 heteroatoms. The van der Waals surface area contributed by atoms with Gasteiger partial charge in [-0.2, -0.15) is 0 Å². The minimum atomic E-state index is -0.299. The average Bonchev–Trinajstić information content (AvgIpc) is 2.03. The molecule has 0 saturated carbocycles. The van der Waals surface area contributed by atoms with E-state index < -0.39 is 0 Å². The van der Waals surface area contributed by atoms with Crippen LogP contribution in [0.15, 0.2) is 28.7 Å². The molecule has 0 aliphatic rings. The molecule has 56 valence electrons. The highest BCUT2D eigenvalue weighted by Gasteiger charge is 2.00. The highest BCUT2D eigenvalue weighted by molar-refractivity contribution is 9.10. The van der Waals surface area contributed by atoms with Gasteiger partial charge in [-0.25, -0.2) is 0 Å². The van der Waals surface area contributed by atoms with Crippen LogP contribution in [0.5, 0.6) is 0 Å². The van der Waals surface area contributed by atoms with Gasteiger partial charge in [0.25, 0.3) is 0 Å². The standard InChI is InChI=1S/C9H8BrN/c1-2-9(11)7-4-3-5-8(10)6-7/h1,3-6,9H,11H2. The van der Waals surface area contributed by atoms with Crippen molar-refractivity contribution in [3.63, 3.8) is 0 Å². The number of terminal acetylenes is 1. The molecule has 1 rings (SSSR count). The molecule has 0 bridgehead atoms. The van der Waals surface area contributed by atoms with Gasteiger partial charge >= 0.3 is 0 Å². The summed E-state index contributed by atoms with van der Waals surface area (Å²) in [4.78, 5) is 0. The number of hydrogen-bond donors (Lipinski definition) is 1. The molecule has 1 aromatic rings. The largest absolute Gasteiger partial charge is 0.314 e. The summed E-state index contributed by atoms with van der Waals surface area (Å²) in [6.45, 7) is 0. The van der Waals surface area contributed by atoms with Crippen LogP contribution >= 0.6 is 15.9 Å². The fraction of sp³-hybridized carbons (Fsp3) is 0.111. The van der Waals surface area contributed by atoms with Gasteiger partial charge < -0.3 is 5.73 Å². The summed E-state index contributed by atoms with van der Waals surface area (Å²) in [6, 6.07) is 7.39. The lowest BCUT2D eigenvalue weighted by molar-refractivity contribution is 0.945. The Morgan fingerprint density at radius 3 is 2.82 bits per heavy atom. The SMILES string of the molecule is C#CC(N)c1cccc(Br)c1. The van der Waals surface area contributed by atoms with Gasteiger partial charge in [0.2, 0.25) is 0 Å². The molecule has 0 aromatic heterocycles. The van der Waals surface area contributed by atoms with Gasteiger partial charge in [-0.15, -0.1) is 6.42 Å². The maximum atomic E-state index is 5.61. The Kier molecular flexibility index (Phi) is 2.70. The van der Waals surface area contributed by atoms with E-state index in [9.17, 15) is 0 Å². The third-order valence-electron chi connectivity index (χ3n) is 1.39. The second-order valence-corrected chi connectivity index (χ2v) is 3.12. The molecule has 1 nitrogen and oxygen atoms in total. The topological polar surface area (TPSA) is 26.0 Å². The predicted molar refractivity (Wildman–Crippen MR) is 49.9 cm³/mol. The summed E-state index contributed by atoms with van der Waals surface area (Å²) in [5.41, 5.74) is 6.57. The van der Waals surface area contributed by atoms with Gasteiger partial charge in [0, 0.05) is 4.47 Å². The Labute approximate surface area is 74.7 Å². The molecular formula is C9H8BrN. The van der Waals surface area contributed by atoms with Gasteiger partial charge in [0.1, 0.15) is 0 Å². The molecule has 1 atom stereocenters. The van der Waals surface area contributed by atoms with Crippen molar-refractivity contribution in [3.05, 3.63) is 34.3 Å². The molecule has 0 radical (unpaired) electrons. The fourth-order valence-electron chi connectivity index (χ4n) is 0.796. The minimum absolute atomic E-state index is 0.299. The van der Waals surface area contributed by atoms with E-state index in [0.717, 1.165) is 10.0 Å². The molecule has 0 fully saturated rings. The van der Waals surface area contributed by atoms with E-state index in [4.69, 9.17) is 12.2 Å². The molecule has 2 N–H and O–H groups in total. The zero-order valence-corrected chi connectivity index (χ0v) is 7.51. The van der Waals surface area contributed by atoms with Crippen molar-refractivity contribution < 1.29 is 0 Å². The van der Waals surface area contributed by atoms with Crippen molar-refractivity contribution in [1.82, 2.24) is 0 Å². The molecule has 0 aliphatic heterocycles. The van der Waals surface area contributed by atoms with E-state index in [1.54, 1.807) is 0 Å². The molecule has 1 aromatic carbocycles. The van der Waals surface area contributed by atoms with Crippen LogP contribution in [0.25, 0.3) is 0 Å². The van der Waals surface area contributed by atoms with Gasteiger partial charge in [-0.05, 0) is 17.7 Å². The number of rotatable bonds is 1. The third-order valence-corrected chi connectivity index (χ3v) is 1.88.